The van der Waals surface area contributed by atoms with E-state index in [0.29, 0.717) is 29.2 Å². The van der Waals surface area contributed by atoms with Crippen LogP contribution in [0.1, 0.15) is 24.1 Å². The number of nitrogens with one attached hydrogen (secondary N) is 2. The summed E-state index contributed by atoms with van der Waals surface area (Å²) in [6.07, 6.45) is 0.556. The summed E-state index contributed by atoms with van der Waals surface area (Å²) in [5.74, 6) is -0.0528. The minimum Gasteiger partial charge on any atom is -0.361 e. The van der Waals surface area contributed by atoms with Crippen molar-refractivity contribution in [3.8, 4) is 11.5 Å². The molecule has 3 rings (SSSR count). The molecule has 138 valence electrons. The van der Waals surface area contributed by atoms with E-state index in [0.717, 1.165) is 6.07 Å². The Hall–Kier alpha value is -2.39. The number of benzene rings is 1. The Morgan fingerprint density at radius 3 is 2.65 bits per heavy atom. The standard InChI is InChI=1S/C16H16ClFN4O3S/c1-4-13-20-16(25-21-13)14-8(2)19-9(3)15(14)26(23,24)22-10-5-6-12(18)11(17)7-10/h5-7,19,22H,4H2,1-3H3. The molecule has 0 saturated carbocycles. The Morgan fingerprint density at radius 2 is 2.04 bits per heavy atom. The van der Waals surface area contributed by atoms with Gasteiger partial charge >= 0.3 is 0 Å². The first-order chi connectivity index (χ1) is 12.2. The summed E-state index contributed by atoms with van der Waals surface area (Å²) in [6, 6.07) is 3.57. The van der Waals surface area contributed by atoms with E-state index in [-0.39, 0.29) is 21.5 Å². The predicted octanol–water partition coefficient (Wildman–Crippen LogP) is 3.84. The number of halogens is 2. The zero-order chi connectivity index (χ0) is 19.1. The molecule has 3 aromatic rings. The molecule has 0 bridgehead atoms. The molecule has 2 N–H and O–H groups in total. The molecule has 0 fully saturated rings. The van der Waals surface area contributed by atoms with Gasteiger partial charge in [0.15, 0.2) is 5.82 Å². The quantitative estimate of drug-likeness (QED) is 0.680. The topological polar surface area (TPSA) is 101 Å². The molecule has 0 aliphatic heterocycles. The van der Waals surface area contributed by atoms with Crippen LogP contribution in [0.25, 0.3) is 11.5 Å². The third-order valence-corrected chi connectivity index (χ3v) is 5.60. The van der Waals surface area contributed by atoms with Crippen LogP contribution in [0, 0.1) is 19.7 Å². The van der Waals surface area contributed by atoms with E-state index in [4.69, 9.17) is 16.1 Å². The number of H-pyrrole nitrogens is 1. The molecule has 26 heavy (non-hydrogen) atoms. The van der Waals surface area contributed by atoms with Crippen LogP contribution in [0.2, 0.25) is 5.02 Å². The third-order valence-electron chi connectivity index (χ3n) is 3.76. The first kappa shape index (κ1) is 18.4. The molecule has 2 aromatic heterocycles. The SMILES string of the molecule is CCc1noc(-c2c(C)[nH]c(C)c2S(=O)(=O)Nc2ccc(F)c(Cl)c2)n1. The number of aromatic amines is 1. The van der Waals surface area contributed by atoms with Crippen molar-refractivity contribution in [2.75, 3.05) is 4.72 Å². The van der Waals surface area contributed by atoms with Crippen molar-refractivity contribution in [3.63, 3.8) is 0 Å². The summed E-state index contributed by atoms with van der Waals surface area (Å²) in [6.45, 7) is 5.20. The summed E-state index contributed by atoms with van der Waals surface area (Å²) in [5.41, 5.74) is 1.43. The molecule has 0 atom stereocenters. The second kappa shape index (κ2) is 6.73. The van der Waals surface area contributed by atoms with E-state index in [9.17, 15) is 12.8 Å². The van der Waals surface area contributed by atoms with E-state index in [1.54, 1.807) is 13.8 Å². The van der Waals surface area contributed by atoms with Crippen molar-refractivity contribution < 1.29 is 17.3 Å². The summed E-state index contributed by atoms with van der Waals surface area (Å²) in [4.78, 5) is 7.19. The Balaban J connectivity index is 2.08. The lowest BCUT2D eigenvalue weighted by molar-refractivity contribution is 0.422. The van der Waals surface area contributed by atoms with E-state index in [1.807, 2.05) is 6.92 Å². The minimum absolute atomic E-state index is 0.0123. The van der Waals surface area contributed by atoms with Gasteiger partial charge in [-0.25, -0.2) is 12.8 Å². The van der Waals surface area contributed by atoms with Crippen LogP contribution < -0.4 is 4.72 Å². The fraction of sp³-hybridized carbons (Fsp3) is 0.250. The lowest BCUT2D eigenvalue weighted by Gasteiger charge is -2.10. The average Bonchev–Trinajstić information content (AvgIpc) is 3.14. The van der Waals surface area contributed by atoms with Crippen molar-refractivity contribution in [2.45, 2.75) is 32.1 Å². The van der Waals surface area contributed by atoms with E-state index in [2.05, 4.69) is 19.8 Å². The molecule has 0 amide bonds. The van der Waals surface area contributed by atoms with Gasteiger partial charge in [-0.05, 0) is 32.0 Å². The number of anilines is 1. The Kier molecular flexibility index (Phi) is 4.76. The third kappa shape index (κ3) is 3.32. The van der Waals surface area contributed by atoms with Gasteiger partial charge in [-0.3, -0.25) is 4.72 Å². The van der Waals surface area contributed by atoms with Gasteiger partial charge in [0.25, 0.3) is 15.9 Å². The molecule has 0 saturated heterocycles. The van der Waals surface area contributed by atoms with E-state index >= 15 is 0 Å². The second-order valence-corrected chi connectivity index (χ2v) is 7.71. The molecular formula is C16H16ClFN4O3S. The normalized spacial score (nSPS) is 11.7. The van der Waals surface area contributed by atoms with Crippen LogP contribution in [0.3, 0.4) is 0 Å². The maximum atomic E-state index is 13.3. The van der Waals surface area contributed by atoms with E-state index < -0.39 is 15.8 Å². The highest BCUT2D eigenvalue weighted by Gasteiger charge is 2.29. The number of aromatic nitrogens is 3. The molecule has 0 aliphatic carbocycles. The highest BCUT2D eigenvalue weighted by Crippen LogP contribution is 2.34. The molecule has 0 aliphatic rings. The average molecular weight is 399 g/mol. The number of hydrogen-bond acceptors (Lipinski definition) is 5. The number of hydrogen-bond donors (Lipinski definition) is 2. The van der Waals surface area contributed by atoms with Gasteiger partial charge in [0.05, 0.1) is 16.3 Å². The molecule has 0 unspecified atom stereocenters. The monoisotopic (exact) mass is 398 g/mol. The van der Waals surface area contributed by atoms with Crippen LogP contribution in [0.15, 0.2) is 27.6 Å². The van der Waals surface area contributed by atoms with Gasteiger partial charge < -0.3 is 9.51 Å². The van der Waals surface area contributed by atoms with Gasteiger partial charge in [0, 0.05) is 17.8 Å². The van der Waals surface area contributed by atoms with E-state index in [1.165, 1.54) is 12.1 Å². The van der Waals surface area contributed by atoms with Gasteiger partial charge in [-0.1, -0.05) is 23.7 Å². The van der Waals surface area contributed by atoms with Crippen LogP contribution in [-0.4, -0.2) is 23.5 Å². The van der Waals surface area contributed by atoms with Crippen molar-refractivity contribution in [1.29, 1.82) is 0 Å². The van der Waals surface area contributed by atoms with Crippen LogP contribution in [0.4, 0.5) is 10.1 Å². The maximum Gasteiger partial charge on any atom is 0.264 e. The Morgan fingerprint density at radius 1 is 1.31 bits per heavy atom. The molecular weight excluding hydrogens is 383 g/mol. The largest absolute Gasteiger partial charge is 0.361 e. The predicted molar refractivity (Wildman–Crippen MR) is 95.2 cm³/mol. The first-order valence-corrected chi connectivity index (χ1v) is 9.59. The molecule has 2 heterocycles. The van der Waals surface area contributed by atoms with Crippen molar-refractivity contribution >= 4 is 27.3 Å². The molecule has 10 heteroatoms. The van der Waals surface area contributed by atoms with Gasteiger partial charge in [-0.2, -0.15) is 4.98 Å². The number of sulfonamides is 1. The van der Waals surface area contributed by atoms with Gasteiger partial charge in [-0.15, -0.1) is 0 Å². The molecule has 1 aromatic carbocycles. The van der Waals surface area contributed by atoms with Crippen molar-refractivity contribution in [1.82, 2.24) is 15.1 Å². The highest BCUT2D eigenvalue weighted by molar-refractivity contribution is 7.93. The Bertz CT molecular complexity index is 1080. The fourth-order valence-corrected chi connectivity index (χ4v) is 4.30. The van der Waals surface area contributed by atoms with Gasteiger partial charge in [0.2, 0.25) is 0 Å². The highest BCUT2D eigenvalue weighted by atomic mass is 35.5. The van der Waals surface area contributed by atoms with Crippen molar-refractivity contribution in [3.05, 3.63) is 46.3 Å². The summed E-state index contributed by atoms with van der Waals surface area (Å²) in [5, 5.41) is 3.63. The molecule has 0 radical (unpaired) electrons. The number of nitrogens with zero attached hydrogens (tertiary/aromatic N) is 2. The summed E-state index contributed by atoms with van der Waals surface area (Å²) < 4.78 is 46.8. The Labute approximate surface area is 154 Å². The van der Waals surface area contributed by atoms with Crippen LogP contribution in [0.5, 0.6) is 0 Å². The minimum atomic E-state index is -4.02. The number of rotatable bonds is 5. The molecule has 7 nitrogen and oxygen atoms in total. The zero-order valence-electron chi connectivity index (χ0n) is 14.2. The van der Waals surface area contributed by atoms with Crippen LogP contribution in [-0.2, 0) is 16.4 Å². The fourth-order valence-electron chi connectivity index (χ4n) is 2.62. The van der Waals surface area contributed by atoms with Crippen LogP contribution >= 0.6 is 11.6 Å². The first-order valence-electron chi connectivity index (χ1n) is 7.73. The summed E-state index contributed by atoms with van der Waals surface area (Å²) in [7, 11) is -4.02. The zero-order valence-corrected chi connectivity index (χ0v) is 15.8. The lowest BCUT2D eigenvalue weighted by Crippen LogP contribution is -2.14. The summed E-state index contributed by atoms with van der Waals surface area (Å²) >= 11 is 5.72. The smallest absolute Gasteiger partial charge is 0.264 e. The number of aryl methyl sites for hydroxylation is 3. The lowest BCUT2D eigenvalue weighted by atomic mass is 10.2. The van der Waals surface area contributed by atoms with Crippen molar-refractivity contribution in [2.24, 2.45) is 0 Å². The molecule has 0 spiro atoms. The maximum absolute atomic E-state index is 13.3. The second-order valence-electron chi connectivity index (χ2n) is 5.68. The van der Waals surface area contributed by atoms with Gasteiger partial charge in [0.1, 0.15) is 10.7 Å².